The van der Waals surface area contributed by atoms with Crippen molar-refractivity contribution in [3.8, 4) is 51.5 Å². The lowest BCUT2D eigenvalue weighted by Crippen LogP contribution is -2.28. The number of pyridine rings is 1. The van der Waals surface area contributed by atoms with E-state index in [9.17, 15) is 10.4 Å². The zero-order valence-corrected chi connectivity index (χ0v) is 19.4. The Labute approximate surface area is 193 Å². The molecule has 1 aromatic heterocycles. The first-order valence-electron chi connectivity index (χ1n) is 9.48. The van der Waals surface area contributed by atoms with E-state index in [0.29, 0.717) is 44.9 Å². The van der Waals surface area contributed by atoms with Gasteiger partial charge in [-0.15, -0.1) is 0 Å². The van der Waals surface area contributed by atoms with Crippen molar-refractivity contribution < 1.29 is 19.3 Å². The number of rotatable bonds is 4. The molecule has 0 spiro atoms. The quantitative estimate of drug-likeness (QED) is 0.497. The van der Waals surface area contributed by atoms with E-state index in [0.717, 1.165) is 16.8 Å². The number of methoxy groups -OCH3 is 3. The molecule has 0 unspecified atom stereocenters. The molecule has 0 atom stereocenters. The summed E-state index contributed by atoms with van der Waals surface area (Å²) < 4.78 is 18.7. The van der Waals surface area contributed by atoms with Crippen molar-refractivity contribution in [2.24, 2.45) is 0 Å². The number of fused-ring (bicyclic) bond motifs is 3. The van der Waals surface area contributed by atoms with Crippen molar-refractivity contribution in [1.29, 1.82) is 10.7 Å². The number of phenols is 1. The molecule has 0 saturated heterocycles. The number of aromatic nitrogens is 1. The maximum atomic E-state index is 10.2. The van der Waals surface area contributed by atoms with Crippen molar-refractivity contribution >= 4 is 22.6 Å². The third kappa shape index (κ3) is 3.39. The Hall–Kier alpha value is -3.19. The molecule has 1 aliphatic heterocycles. The number of nitrogens with zero attached hydrogens (tertiary/aromatic N) is 2. The molecule has 3 aromatic rings. The van der Waals surface area contributed by atoms with Crippen LogP contribution in [0.25, 0.3) is 22.4 Å². The molecule has 0 radical (unpaired) electrons. The normalized spacial score (nSPS) is 11.8. The highest BCUT2D eigenvalue weighted by Gasteiger charge is 2.23. The van der Waals surface area contributed by atoms with Crippen LogP contribution in [0.15, 0.2) is 30.3 Å². The van der Waals surface area contributed by atoms with Crippen LogP contribution in [-0.2, 0) is 13.0 Å². The summed E-state index contributed by atoms with van der Waals surface area (Å²) in [5, 5.41) is 28.8. The topological polar surface area (TPSA) is 100 Å². The van der Waals surface area contributed by atoms with Crippen molar-refractivity contribution in [3.63, 3.8) is 0 Å². The summed E-state index contributed by atoms with van der Waals surface area (Å²) >= 11 is 2.02. The number of hydrogen-bond donors (Lipinski definition) is 2. The zero-order chi connectivity index (χ0) is 22.3. The Morgan fingerprint density at radius 3 is 2.32 bits per heavy atom. The smallest absolute Gasteiger partial charge is 0.171 e. The molecule has 1 aliphatic rings. The summed E-state index contributed by atoms with van der Waals surface area (Å²) in [6.07, 6.45) is 0.717. The summed E-state index contributed by atoms with van der Waals surface area (Å²) in [5.74, 6) is 1.63. The molecule has 0 bridgehead atoms. The van der Waals surface area contributed by atoms with Gasteiger partial charge in [0.05, 0.1) is 30.6 Å². The number of aryl methyl sites for hydroxylation is 1. The SMILES string of the molecule is COc1cc2c(cc1OC)-c1cc(-c3cc(I)c(O)c(OC)c3)c(C#N)c(=N)n1CC2. The summed E-state index contributed by atoms with van der Waals surface area (Å²) in [6.45, 7) is 0.585. The molecular formula is C23H20IN3O4. The number of ether oxygens (including phenoxy) is 3. The molecule has 2 heterocycles. The molecular weight excluding hydrogens is 509 g/mol. The van der Waals surface area contributed by atoms with Crippen molar-refractivity contribution in [3.05, 3.63) is 50.5 Å². The molecule has 2 aromatic carbocycles. The Balaban J connectivity index is 2.03. The summed E-state index contributed by atoms with van der Waals surface area (Å²) in [7, 11) is 4.68. The third-order valence-corrected chi connectivity index (χ3v) is 6.33. The average Bonchev–Trinajstić information content (AvgIpc) is 2.79. The molecule has 8 heteroatoms. The van der Waals surface area contributed by atoms with E-state index in [1.54, 1.807) is 26.4 Å². The number of halogens is 1. The van der Waals surface area contributed by atoms with Gasteiger partial charge in [-0.3, -0.25) is 5.41 Å². The van der Waals surface area contributed by atoms with Crippen LogP contribution in [0.3, 0.4) is 0 Å². The van der Waals surface area contributed by atoms with Gasteiger partial charge < -0.3 is 23.9 Å². The van der Waals surface area contributed by atoms with Gasteiger partial charge >= 0.3 is 0 Å². The molecule has 0 aliphatic carbocycles. The van der Waals surface area contributed by atoms with Crippen LogP contribution >= 0.6 is 22.6 Å². The Kier molecular flexibility index (Phi) is 5.54. The van der Waals surface area contributed by atoms with Crippen LogP contribution in [0.2, 0.25) is 0 Å². The summed E-state index contributed by atoms with van der Waals surface area (Å²) in [6, 6.07) is 11.4. The second-order valence-corrected chi connectivity index (χ2v) is 8.22. The number of hydrogen-bond acceptors (Lipinski definition) is 6. The monoisotopic (exact) mass is 529 g/mol. The van der Waals surface area contributed by atoms with Gasteiger partial charge in [-0.25, -0.2) is 0 Å². The second kappa shape index (κ2) is 8.15. The predicted octanol–water partition coefficient (Wildman–Crippen LogP) is 4.07. The number of aromatic hydroxyl groups is 1. The van der Waals surface area contributed by atoms with Crippen LogP contribution in [0, 0.1) is 20.3 Å². The van der Waals surface area contributed by atoms with Gasteiger partial charge in [0.25, 0.3) is 0 Å². The molecule has 0 saturated carbocycles. The van der Waals surface area contributed by atoms with Crippen LogP contribution in [0.4, 0.5) is 0 Å². The highest BCUT2D eigenvalue weighted by atomic mass is 127. The van der Waals surface area contributed by atoms with Gasteiger partial charge in [-0.1, -0.05) is 0 Å². The molecule has 2 N–H and O–H groups in total. The fourth-order valence-electron chi connectivity index (χ4n) is 3.95. The molecule has 31 heavy (non-hydrogen) atoms. The first-order chi connectivity index (χ1) is 14.9. The minimum Gasteiger partial charge on any atom is -0.504 e. The minimum atomic E-state index is 0.0472. The molecule has 4 rings (SSSR count). The summed E-state index contributed by atoms with van der Waals surface area (Å²) in [4.78, 5) is 0. The van der Waals surface area contributed by atoms with Crippen molar-refractivity contribution in [2.75, 3.05) is 21.3 Å². The second-order valence-electron chi connectivity index (χ2n) is 7.05. The van der Waals surface area contributed by atoms with Gasteiger partial charge in [0.1, 0.15) is 17.1 Å². The lowest BCUT2D eigenvalue weighted by atomic mass is 9.92. The number of nitrogens with one attached hydrogen (secondary N) is 1. The fourth-order valence-corrected chi connectivity index (χ4v) is 4.55. The Bertz CT molecular complexity index is 1310. The summed E-state index contributed by atoms with van der Waals surface area (Å²) in [5.41, 5.74) is 4.57. The maximum absolute atomic E-state index is 10.2. The van der Waals surface area contributed by atoms with Gasteiger partial charge in [0.15, 0.2) is 23.0 Å². The van der Waals surface area contributed by atoms with E-state index in [1.165, 1.54) is 7.11 Å². The van der Waals surface area contributed by atoms with Gasteiger partial charge in [-0.2, -0.15) is 5.26 Å². The van der Waals surface area contributed by atoms with Crippen LogP contribution in [-0.4, -0.2) is 31.0 Å². The van der Waals surface area contributed by atoms with E-state index in [-0.39, 0.29) is 16.8 Å². The standard InChI is InChI=1S/C23H20IN3O4/c1-29-19-7-12-4-5-27-18(15(12)10-20(19)30-2)9-14(16(11-25)23(27)26)13-6-17(24)22(28)21(8-13)31-3/h6-10,26,28H,4-5H2,1-3H3. The van der Waals surface area contributed by atoms with E-state index >= 15 is 0 Å². The Morgan fingerprint density at radius 2 is 1.68 bits per heavy atom. The van der Waals surface area contributed by atoms with Gasteiger partial charge in [0, 0.05) is 17.7 Å². The highest BCUT2D eigenvalue weighted by molar-refractivity contribution is 14.1. The average molecular weight is 529 g/mol. The zero-order valence-electron chi connectivity index (χ0n) is 17.2. The largest absolute Gasteiger partial charge is 0.504 e. The highest BCUT2D eigenvalue weighted by Crippen LogP contribution is 2.41. The lowest BCUT2D eigenvalue weighted by molar-refractivity contribution is 0.354. The number of benzene rings is 2. The van der Waals surface area contributed by atoms with Crippen LogP contribution in [0.5, 0.6) is 23.0 Å². The maximum Gasteiger partial charge on any atom is 0.171 e. The van der Waals surface area contributed by atoms with Gasteiger partial charge in [0.2, 0.25) is 0 Å². The molecule has 0 fully saturated rings. The lowest BCUT2D eigenvalue weighted by Gasteiger charge is -2.25. The minimum absolute atomic E-state index is 0.0472. The van der Waals surface area contributed by atoms with E-state index in [1.807, 2.05) is 45.4 Å². The fraction of sp³-hybridized carbons (Fsp3) is 0.217. The Morgan fingerprint density at radius 1 is 1.00 bits per heavy atom. The van der Waals surface area contributed by atoms with Crippen LogP contribution in [0.1, 0.15) is 11.1 Å². The van der Waals surface area contributed by atoms with Gasteiger partial charge in [-0.05, 0) is 70.5 Å². The molecule has 0 amide bonds. The van der Waals surface area contributed by atoms with E-state index in [4.69, 9.17) is 19.6 Å². The first-order valence-corrected chi connectivity index (χ1v) is 10.6. The number of phenolic OH excluding ortho intramolecular Hbond substituents is 1. The van der Waals surface area contributed by atoms with Crippen LogP contribution < -0.4 is 19.7 Å². The first kappa shape index (κ1) is 21.1. The predicted molar refractivity (Wildman–Crippen MR) is 124 cm³/mol. The van der Waals surface area contributed by atoms with E-state index in [2.05, 4.69) is 6.07 Å². The van der Waals surface area contributed by atoms with Crippen molar-refractivity contribution in [2.45, 2.75) is 13.0 Å². The number of nitriles is 1. The third-order valence-electron chi connectivity index (χ3n) is 5.51. The molecule has 158 valence electrons. The van der Waals surface area contributed by atoms with Crippen molar-refractivity contribution in [1.82, 2.24) is 4.57 Å². The molecule has 7 nitrogen and oxygen atoms in total. The van der Waals surface area contributed by atoms with E-state index < -0.39 is 0 Å².